The maximum Gasteiger partial charge on any atom is 0.335 e. The minimum absolute atomic E-state index is 0.156. The van der Waals surface area contributed by atoms with Gasteiger partial charge in [-0.05, 0) is 23.8 Å². The summed E-state index contributed by atoms with van der Waals surface area (Å²) in [5.74, 6) is -0.684. The van der Waals surface area contributed by atoms with Gasteiger partial charge in [-0.3, -0.25) is 0 Å². The second-order valence-corrected chi connectivity index (χ2v) is 5.54. The Morgan fingerprint density at radius 2 is 2.17 bits per heavy atom. The molecule has 0 spiro atoms. The molecule has 6 heteroatoms. The largest absolute Gasteiger partial charge is 0.478 e. The number of rotatable bonds is 3. The van der Waals surface area contributed by atoms with Crippen LogP contribution in [0.3, 0.4) is 0 Å². The van der Waals surface area contributed by atoms with Crippen LogP contribution in [0.5, 0.6) is 0 Å². The van der Waals surface area contributed by atoms with Gasteiger partial charge in [0.05, 0.1) is 17.2 Å². The van der Waals surface area contributed by atoms with Gasteiger partial charge in [0.15, 0.2) is 0 Å². The quantitative estimate of drug-likeness (QED) is 0.935. The van der Waals surface area contributed by atoms with Crippen LogP contribution in [0.4, 0.5) is 5.82 Å². The fraction of sp³-hybridized carbons (Fsp3) is 0.118. The fourth-order valence-corrected chi connectivity index (χ4v) is 2.87. The summed E-state index contributed by atoms with van der Waals surface area (Å²) in [6, 6.07) is 12.5. The third kappa shape index (κ3) is 2.89. The Morgan fingerprint density at radius 3 is 2.87 bits per heavy atom. The van der Waals surface area contributed by atoms with Gasteiger partial charge in [0.25, 0.3) is 0 Å². The molecule has 1 aliphatic heterocycles. The maximum atomic E-state index is 11.1. The lowest BCUT2D eigenvalue weighted by molar-refractivity contribution is 0.0697. The Balaban J connectivity index is 1.95. The summed E-state index contributed by atoms with van der Waals surface area (Å²) in [5, 5.41) is 19.1. The van der Waals surface area contributed by atoms with E-state index in [2.05, 4.69) is 11.1 Å². The number of anilines is 1. The number of nitriles is 1. The third-order valence-corrected chi connectivity index (χ3v) is 4.09. The number of halogens is 1. The first-order valence-electron chi connectivity index (χ1n) is 6.92. The summed E-state index contributed by atoms with van der Waals surface area (Å²) >= 11 is 6.24. The van der Waals surface area contributed by atoms with Crippen LogP contribution in [0.25, 0.3) is 0 Å². The Kier molecular flexibility index (Phi) is 4.00. The molecule has 1 aromatic heterocycles. The topological polar surface area (TPSA) is 77.2 Å². The molecular formula is C17H12ClN3O2. The Bertz CT molecular complexity index is 842. The zero-order chi connectivity index (χ0) is 16.4. The van der Waals surface area contributed by atoms with Crippen LogP contribution >= 0.6 is 11.6 Å². The highest BCUT2D eigenvalue weighted by Gasteiger charge is 2.29. The van der Waals surface area contributed by atoms with Crippen molar-refractivity contribution in [3.05, 3.63) is 70.5 Å². The van der Waals surface area contributed by atoms with Crippen molar-refractivity contribution < 1.29 is 9.90 Å². The Hall–Kier alpha value is -2.84. The smallest absolute Gasteiger partial charge is 0.335 e. The molecule has 0 fully saturated rings. The number of benzene rings is 1. The first kappa shape index (κ1) is 15.1. The highest BCUT2D eigenvalue weighted by molar-refractivity contribution is 6.31. The standard InChI is InChI=1S/C17H12ClN3O2/c18-15-4-2-1-3-13(15)14-10-21(9-12(14)8-19)16-7-11(17(22)23)5-6-20-16/h1-7,9,14H,10H2,(H,22,23). The number of carbonyl (C=O) groups is 1. The molecule has 0 saturated heterocycles. The van der Waals surface area contributed by atoms with E-state index in [0.29, 0.717) is 23.0 Å². The van der Waals surface area contributed by atoms with E-state index in [4.69, 9.17) is 16.7 Å². The zero-order valence-electron chi connectivity index (χ0n) is 12.0. The van der Waals surface area contributed by atoms with Gasteiger partial charge in [0.2, 0.25) is 0 Å². The molecule has 114 valence electrons. The molecule has 1 aromatic carbocycles. The Labute approximate surface area is 138 Å². The van der Waals surface area contributed by atoms with Crippen molar-refractivity contribution in [3.63, 3.8) is 0 Å². The van der Waals surface area contributed by atoms with E-state index in [1.54, 1.807) is 17.2 Å². The molecule has 23 heavy (non-hydrogen) atoms. The minimum Gasteiger partial charge on any atom is -0.478 e. The van der Waals surface area contributed by atoms with Gasteiger partial charge in [-0.25, -0.2) is 9.78 Å². The SMILES string of the molecule is N#CC1=CN(c2cc(C(=O)O)ccn2)CC1c1ccccc1Cl. The van der Waals surface area contributed by atoms with E-state index < -0.39 is 5.97 Å². The first-order chi connectivity index (χ1) is 11.1. The number of hydrogen-bond donors (Lipinski definition) is 1. The number of aromatic carboxylic acids is 1. The lowest BCUT2D eigenvalue weighted by Crippen LogP contribution is -2.18. The molecule has 5 nitrogen and oxygen atoms in total. The predicted molar refractivity (Wildman–Crippen MR) is 86.4 cm³/mol. The van der Waals surface area contributed by atoms with E-state index in [9.17, 15) is 10.1 Å². The molecule has 0 amide bonds. The summed E-state index contributed by atoms with van der Waals surface area (Å²) in [6.45, 7) is 0.489. The van der Waals surface area contributed by atoms with Crippen molar-refractivity contribution in [1.82, 2.24) is 4.98 Å². The Morgan fingerprint density at radius 1 is 1.39 bits per heavy atom. The van der Waals surface area contributed by atoms with E-state index in [0.717, 1.165) is 5.56 Å². The predicted octanol–water partition coefficient (Wildman–Crippen LogP) is 3.44. The van der Waals surface area contributed by atoms with Crippen LogP contribution in [-0.2, 0) is 0 Å². The fourth-order valence-electron chi connectivity index (χ4n) is 2.60. The monoisotopic (exact) mass is 325 g/mol. The summed E-state index contributed by atoms with van der Waals surface area (Å²) in [5.41, 5.74) is 1.60. The molecule has 2 aromatic rings. The van der Waals surface area contributed by atoms with Crippen LogP contribution in [0.15, 0.2) is 54.4 Å². The van der Waals surface area contributed by atoms with E-state index in [-0.39, 0.29) is 11.5 Å². The molecule has 1 atom stereocenters. The van der Waals surface area contributed by atoms with Gasteiger partial charge in [-0.1, -0.05) is 29.8 Å². The highest BCUT2D eigenvalue weighted by atomic mass is 35.5. The second kappa shape index (κ2) is 6.11. The summed E-state index contributed by atoms with van der Waals surface area (Å²) in [6.07, 6.45) is 3.14. The highest BCUT2D eigenvalue weighted by Crippen LogP contribution is 2.36. The van der Waals surface area contributed by atoms with Gasteiger partial charge in [-0.2, -0.15) is 5.26 Å². The van der Waals surface area contributed by atoms with Crippen LogP contribution in [-0.4, -0.2) is 22.6 Å². The van der Waals surface area contributed by atoms with Crippen molar-refractivity contribution in [2.24, 2.45) is 0 Å². The number of hydrogen-bond acceptors (Lipinski definition) is 4. The minimum atomic E-state index is -1.01. The lowest BCUT2D eigenvalue weighted by atomic mass is 9.94. The summed E-state index contributed by atoms with van der Waals surface area (Å²) in [4.78, 5) is 17.1. The molecule has 1 unspecified atom stereocenters. The van der Waals surface area contributed by atoms with Crippen molar-refractivity contribution >= 4 is 23.4 Å². The molecular weight excluding hydrogens is 314 g/mol. The van der Waals surface area contributed by atoms with Crippen molar-refractivity contribution in [1.29, 1.82) is 5.26 Å². The molecule has 0 aliphatic carbocycles. The van der Waals surface area contributed by atoms with Crippen LogP contribution in [0, 0.1) is 11.3 Å². The van der Waals surface area contributed by atoms with Crippen LogP contribution < -0.4 is 4.90 Å². The van der Waals surface area contributed by atoms with Crippen molar-refractivity contribution in [2.75, 3.05) is 11.4 Å². The van der Waals surface area contributed by atoms with E-state index in [1.807, 2.05) is 18.2 Å². The number of nitrogens with zero attached hydrogens (tertiary/aromatic N) is 3. The van der Waals surface area contributed by atoms with Gasteiger partial charge in [-0.15, -0.1) is 0 Å². The molecule has 1 N–H and O–H groups in total. The third-order valence-electron chi connectivity index (χ3n) is 3.75. The molecule has 0 radical (unpaired) electrons. The molecule has 0 saturated carbocycles. The molecule has 1 aliphatic rings. The van der Waals surface area contributed by atoms with Gasteiger partial charge < -0.3 is 10.0 Å². The van der Waals surface area contributed by atoms with Crippen molar-refractivity contribution in [2.45, 2.75) is 5.92 Å². The number of carboxylic acid groups (broad SMARTS) is 1. The molecule has 0 bridgehead atoms. The van der Waals surface area contributed by atoms with Gasteiger partial charge >= 0.3 is 5.97 Å². The molecule has 3 rings (SSSR count). The summed E-state index contributed by atoms with van der Waals surface area (Å²) < 4.78 is 0. The number of carboxylic acids is 1. The first-order valence-corrected chi connectivity index (χ1v) is 7.30. The average Bonchev–Trinajstić information content (AvgIpc) is 2.99. The second-order valence-electron chi connectivity index (χ2n) is 5.13. The average molecular weight is 326 g/mol. The molecule has 2 heterocycles. The van der Waals surface area contributed by atoms with Crippen LogP contribution in [0.2, 0.25) is 5.02 Å². The maximum absolute atomic E-state index is 11.1. The number of aromatic nitrogens is 1. The van der Waals surface area contributed by atoms with Gasteiger partial charge in [0, 0.05) is 29.9 Å². The van der Waals surface area contributed by atoms with Gasteiger partial charge in [0.1, 0.15) is 5.82 Å². The lowest BCUT2D eigenvalue weighted by Gasteiger charge is -2.18. The zero-order valence-corrected chi connectivity index (χ0v) is 12.7. The normalized spacial score (nSPS) is 16.8. The van der Waals surface area contributed by atoms with E-state index in [1.165, 1.54) is 18.3 Å². The van der Waals surface area contributed by atoms with Crippen LogP contribution in [0.1, 0.15) is 21.8 Å². The van der Waals surface area contributed by atoms with Crippen molar-refractivity contribution in [3.8, 4) is 6.07 Å². The van der Waals surface area contributed by atoms with E-state index >= 15 is 0 Å². The number of pyridine rings is 1. The summed E-state index contributed by atoms with van der Waals surface area (Å²) in [7, 11) is 0.